The monoisotopic (exact) mass is 516 g/mol. The topological polar surface area (TPSA) is 115 Å². The van der Waals surface area contributed by atoms with E-state index in [9.17, 15) is 4.79 Å². The Bertz CT molecular complexity index is 1500. The van der Waals surface area contributed by atoms with Crippen LogP contribution in [0.5, 0.6) is 23.1 Å². The fourth-order valence-electron chi connectivity index (χ4n) is 4.63. The molecule has 4 aromatic rings. The molecule has 0 aliphatic carbocycles. The first-order valence-electron chi connectivity index (χ1n) is 12.8. The highest BCUT2D eigenvalue weighted by atomic mass is 16.6. The summed E-state index contributed by atoms with van der Waals surface area (Å²) in [6.07, 6.45) is 2.46. The molecule has 11 nitrogen and oxygen atoms in total. The van der Waals surface area contributed by atoms with Crippen molar-refractivity contribution >= 4 is 0 Å². The highest BCUT2D eigenvalue weighted by molar-refractivity contribution is 5.67. The van der Waals surface area contributed by atoms with E-state index in [1.165, 1.54) is 0 Å². The zero-order valence-electron chi connectivity index (χ0n) is 21.1. The molecular weight excluding hydrogens is 488 g/mol. The summed E-state index contributed by atoms with van der Waals surface area (Å²) in [7, 11) is 0. The number of nitrogens with zero attached hydrogens (tertiary/aromatic N) is 6. The van der Waals surface area contributed by atoms with Crippen molar-refractivity contribution in [2.45, 2.75) is 52.0 Å². The third-order valence-electron chi connectivity index (χ3n) is 6.63. The number of para-hydroxylation sites is 2. The van der Waals surface area contributed by atoms with Crippen molar-refractivity contribution in [2.75, 3.05) is 13.2 Å². The van der Waals surface area contributed by atoms with Crippen molar-refractivity contribution in [1.82, 2.24) is 29.8 Å². The number of ether oxygens (including phenoxy) is 4. The summed E-state index contributed by atoms with van der Waals surface area (Å²) in [5.41, 5.74) is 2.47. The molecular formula is C27H28N6O5. The van der Waals surface area contributed by atoms with Crippen LogP contribution in [-0.4, -0.2) is 49.1 Å². The maximum atomic E-state index is 12.8. The zero-order chi connectivity index (χ0) is 25.9. The number of benzene rings is 2. The van der Waals surface area contributed by atoms with Gasteiger partial charge in [-0.25, -0.2) is 9.48 Å². The van der Waals surface area contributed by atoms with Crippen LogP contribution in [0.25, 0.3) is 11.3 Å². The lowest BCUT2D eigenvalue weighted by Gasteiger charge is -2.26. The molecule has 2 aromatic carbocycles. The van der Waals surface area contributed by atoms with Gasteiger partial charge in [-0.2, -0.15) is 4.98 Å². The van der Waals surface area contributed by atoms with Gasteiger partial charge in [0, 0.05) is 24.7 Å². The number of tetrazole rings is 1. The molecule has 0 saturated heterocycles. The van der Waals surface area contributed by atoms with Gasteiger partial charge in [0.2, 0.25) is 5.88 Å². The Morgan fingerprint density at radius 1 is 1.11 bits per heavy atom. The average molecular weight is 517 g/mol. The molecule has 1 unspecified atom stereocenters. The molecule has 196 valence electrons. The normalized spacial score (nSPS) is 15.4. The number of unbranched alkanes of at least 4 members (excludes halogenated alkanes) is 1. The molecule has 4 heterocycles. The summed E-state index contributed by atoms with van der Waals surface area (Å²) >= 11 is 0. The van der Waals surface area contributed by atoms with E-state index in [0.717, 1.165) is 42.0 Å². The number of aryl methyl sites for hydroxylation is 2. The van der Waals surface area contributed by atoms with Crippen LogP contribution in [-0.2, 0) is 26.1 Å². The van der Waals surface area contributed by atoms with Crippen LogP contribution in [0.15, 0.2) is 53.3 Å². The second-order valence-corrected chi connectivity index (χ2v) is 9.25. The number of hydrogen-bond donors (Lipinski definition) is 0. The number of aromatic nitrogens is 6. The van der Waals surface area contributed by atoms with Gasteiger partial charge in [-0.3, -0.25) is 4.57 Å². The van der Waals surface area contributed by atoms with Crippen LogP contribution >= 0.6 is 0 Å². The van der Waals surface area contributed by atoms with Crippen LogP contribution in [0, 0.1) is 0 Å². The third kappa shape index (κ3) is 4.91. The SMILES string of the molecule is CCCCn1nnnc1COc1ccc2c(c1)CCn1c-2cc(OCC2COc3ccccc3O2)nc1=O. The van der Waals surface area contributed by atoms with E-state index >= 15 is 0 Å². The molecule has 2 aromatic heterocycles. The van der Waals surface area contributed by atoms with E-state index in [-0.39, 0.29) is 30.9 Å². The molecule has 2 aliphatic rings. The summed E-state index contributed by atoms with van der Waals surface area (Å²) in [5.74, 6) is 3.07. The summed E-state index contributed by atoms with van der Waals surface area (Å²) in [4.78, 5) is 16.9. The Morgan fingerprint density at radius 3 is 2.89 bits per heavy atom. The molecule has 2 aliphatic heterocycles. The zero-order valence-corrected chi connectivity index (χ0v) is 21.1. The van der Waals surface area contributed by atoms with E-state index in [0.29, 0.717) is 36.9 Å². The lowest BCUT2D eigenvalue weighted by atomic mass is 9.97. The molecule has 11 heteroatoms. The van der Waals surface area contributed by atoms with Gasteiger partial charge >= 0.3 is 5.69 Å². The lowest BCUT2D eigenvalue weighted by Crippen LogP contribution is -2.35. The number of fused-ring (bicyclic) bond motifs is 4. The molecule has 0 radical (unpaired) electrons. The van der Waals surface area contributed by atoms with Crippen molar-refractivity contribution in [3.05, 3.63) is 70.4 Å². The van der Waals surface area contributed by atoms with Gasteiger partial charge in [0.1, 0.15) is 25.6 Å². The smallest absolute Gasteiger partial charge is 0.351 e. The Morgan fingerprint density at radius 2 is 2.00 bits per heavy atom. The Kier molecular flexibility index (Phi) is 6.63. The molecule has 0 bridgehead atoms. The minimum Gasteiger partial charge on any atom is -0.486 e. The standard InChI is InChI=1S/C27H28N6O5/c1-2-3-11-33-25(29-30-31-33)17-35-19-8-9-21-18(13-19)10-12-32-22(21)14-26(28-27(32)34)37-16-20-15-36-23-6-4-5-7-24(23)38-20/h4-9,13-14,20H,2-3,10-12,15-17H2,1H3. The van der Waals surface area contributed by atoms with Crippen LogP contribution < -0.4 is 24.6 Å². The van der Waals surface area contributed by atoms with E-state index in [1.807, 2.05) is 42.5 Å². The maximum Gasteiger partial charge on any atom is 0.351 e. The van der Waals surface area contributed by atoms with Crippen LogP contribution in [0.3, 0.4) is 0 Å². The van der Waals surface area contributed by atoms with Crippen LogP contribution in [0.2, 0.25) is 0 Å². The first-order valence-corrected chi connectivity index (χ1v) is 12.8. The van der Waals surface area contributed by atoms with E-state index in [2.05, 4.69) is 27.4 Å². The second-order valence-electron chi connectivity index (χ2n) is 9.25. The fraction of sp³-hybridized carbons (Fsp3) is 0.370. The van der Waals surface area contributed by atoms with Gasteiger partial charge in [-0.15, -0.1) is 5.10 Å². The van der Waals surface area contributed by atoms with E-state index in [4.69, 9.17) is 18.9 Å². The van der Waals surface area contributed by atoms with Crippen molar-refractivity contribution in [3.8, 4) is 34.4 Å². The summed E-state index contributed by atoms with van der Waals surface area (Å²) in [6.45, 7) is 4.28. The van der Waals surface area contributed by atoms with Crippen molar-refractivity contribution < 1.29 is 18.9 Å². The first kappa shape index (κ1) is 24.0. The van der Waals surface area contributed by atoms with Gasteiger partial charge in [0.15, 0.2) is 23.4 Å². The molecule has 0 N–H and O–H groups in total. The first-order chi connectivity index (χ1) is 18.7. The second kappa shape index (κ2) is 10.5. The molecule has 1 atom stereocenters. The van der Waals surface area contributed by atoms with Crippen molar-refractivity contribution in [2.24, 2.45) is 0 Å². The number of hydrogen-bond acceptors (Lipinski definition) is 9. The average Bonchev–Trinajstić information content (AvgIpc) is 3.40. The van der Waals surface area contributed by atoms with Crippen LogP contribution in [0.1, 0.15) is 31.2 Å². The van der Waals surface area contributed by atoms with Gasteiger partial charge in [-0.1, -0.05) is 25.5 Å². The Labute approximate surface area is 218 Å². The minimum absolute atomic E-state index is 0.210. The molecule has 38 heavy (non-hydrogen) atoms. The van der Waals surface area contributed by atoms with Gasteiger partial charge in [-0.05, 0) is 59.2 Å². The Hall–Kier alpha value is -4.41. The summed E-state index contributed by atoms with van der Waals surface area (Å²) in [6, 6.07) is 15.2. The molecule has 0 fully saturated rings. The maximum absolute atomic E-state index is 12.8. The lowest BCUT2D eigenvalue weighted by molar-refractivity contribution is 0.0520. The fourth-order valence-corrected chi connectivity index (χ4v) is 4.63. The van der Waals surface area contributed by atoms with Crippen molar-refractivity contribution in [1.29, 1.82) is 0 Å². The highest BCUT2D eigenvalue weighted by Gasteiger charge is 2.23. The summed E-state index contributed by atoms with van der Waals surface area (Å²) < 4.78 is 27.1. The van der Waals surface area contributed by atoms with Crippen LogP contribution in [0.4, 0.5) is 0 Å². The van der Waals surface area contributed by atoms with E-state index < -0.39 is 0 Å². The predicted octanol–water partition coefficient (Wildman–Crippen LogP) is 3.05. The van der Waals surface area contributed by atoms with E-state index in [1.54, 1.807) is 15.3 Å². The third-order valence-corrected chi connectivity index (χ3v) is 6.63. The highest BCUT2D eigenvalue weighted by Crippen LogP contribution is 2.33. The largest absolute Gasteiger partial charge is 0.486 e. The van der Waals surface area contributed by atoms with Crippen molar-refractivity contribution in [3.63, 3.8) is 0 Å². The Balaban J connectivity index is 1.15. The predicted molar refractivity (Wildman–Crippen MR) is 137 cm³/mol. The quantitative estimate of drug-likeness (QED) is 0.331. The van der Waals surface area contributed by atoms with Gasteiger partial charge in [0.05, 0.1) is 5.69 Å². The van der Waals surface area contributed by atoms with Gasteiger partial charge < -0.3 is 18.9 Å². The number of rotatable bonds is 9. The molecule has 0 saturated carbocycles. The van der Waals surface area contributed by atoms with Gasteiger partial charge in [0.25, 0.3) is 0 Å². The molecule has 0 amide bonds. The molecule has 6 rings (SSSR count). The molecule has 0 spiro atoms. The summed E-state index contributed by atoms with van der Waals surface area (Å²) in [5, 5.41) is 11.9. The minimum atomic E-state index is -0.339.